The summed E-state index contributed by atoms with van der Waals surface area (Å²) in [7, 11) is 0. The number of carbonyl (C=O) groups excluding carboxylic acids is 1. The van der Waals surface area contributed by atoms with E-state index in [1.807, 2.05) is 25.1 Å². The van der Waals surface area contributed by atoms with Crippen molar-refractivity contribution in [2.45, 2.75) is 53.2 Å². The van der Waals surface area contributed by atoms with Gasteiger partial charge in [0, 0.05) is 5.70 Å². The fourth-order valence-electron chi connectivity index (χ4n) is 4.14. The molecule has 35 heavy (non-hydrogen) atoms. The van der Waals surface area contributed by atoms with Crippen molar-refractivity contribution in [1.29, 1.82) is 0 Å². The second-order valence-corrected chi connectivity index (χ2v) is 8.33. The number of nitrogens with zero attached hydrogens (tertiary/aromatic N) is 3. The molecule has 0 amide bonds. The molecule has 0 spiro atoms. The number of fused-ring (bicyclic) bond motifs is 1. The summed E-state index contributed by atoms with van der Waals surface area (Å²) in [6.45, 7) is 9.05. The molecule has 4 rings (SSSR count). The van der Waals surface area contributed by atoms with Crippen LogP contribution in [0.4, 0.5) is 5.95 Å². The summed E-state index contributed by atoms with van der Waals surface area (Å²) in [6.07, 6.45) is 3.03. The maximum absolute atomic E-state index is 13.1. The zero-order valence-electron chi connectivity index (χ0n) is 20.7. The highest BCUT2D eigenvalue weighted by Crippen LogP contribution is 2.40. The van der Waals surface area contributed by atoms with Gasteiger partial charge in [-0.3, -0.25) is 0 Å². The summed E-state index contributed by atoms with van der Waals surface area (Å²) in [5.74, 6) is 1.47. The van der Waals surface area contributed by atoms with Gasteiger partial charge in [0.1, 0.15) is 19.0 Å². The van der Waals surface area contributed by atoms with Crippen LogP contribution < -0.4 is 14.8 Å². The Morgan fingerprint density at radius 2 is 1.83 bits per heavy atom. The Kier molecular flexibility index (Phi) is 7.70. The van der Waals surface area contributed by atoms with E-state index in [9.17, 15) is 4.79 Å². The zero-order chi connectivity index (χ0) is 24.8. The van der Waals surface area contributed by atoms with Crippen LogP contribution in [0.15, 0.2) is 60.1 Å². The molecule has 1 N–H and O–H groups in total. The lowest BCUT2D eigenvalue weighted by Crippen LogP contribution is -2.30. The van der Waals surface area contributed by atoms with Crippen molar-refractivity contribution in [3.8, 4) is 11.5 Å². The van der Waals surface area contributed by atoms with Crippen LogP contribution in [0.2, 0.25) is 0 Å². The van der Waals surface area contributed by atoms with Crippen LogP contribution in [-0.2, 0) is 16.1 Å². The normalized spacial score (nSPS) is 14.8. The number of esters is 1. The highest BCUT2D eigenvalue weighted by molar-refractivity contribution is 5.92. The second kappa shape index (κ2) is 11.1. The number of hydrogen-bond donors (Lipinski definition) is 1. The highest BCUT2D eigenvalue weighted by atomic mass is 16.5. The molecule has 8 nitrogen and oxygen atoms in total. The van der Waals surface area contributed by atoms with Crippen molar-refractivity contribution in [3.63, 3.8) is 0 Å². The summed E-state index contributed by atoms with van der Waals surface area (Å²) in [4.78, 5) is 17.5. The molecule has 0 aliphatic carbocycles. The van der Waals surface area contributed by atoms with Crippen LogP contribution in [0.1, 0.15) is 56.3 Å². The Bertz CT molecular complexity index is 1200. The first-order valence-electron chi connectivity index (χ1n) is 12.1. The minimum Gasteiger partial charge on any atom is -0.490 e. The van der Waals surface area contributed by atoms with Crippen molar-refractivity contribution in [1.82, 2.24) is 14.8 Å². The fraction of sp³-hybridized carbons (Fsp3) is 0.370. The van der Waals surface area contributed by atoms with Gasteiger partial charge in [0.05, 0.1) is 18.8 Å². The molecule has 2 aromatic carbocycles. The zero-order valence-corrected chi connectivity index (χ0v) is 20.7. The monoisotopic (exact) mass is 476 g/mol. The van der Waals surface area contributed by atoms with E-state index < -0.39 is 6.04 Å². The van der Waals surface area contributed by atoms with Crippen LogP contribution >= 0.6 is 0 Å². The Hall–Kier alpha value is -3.81. The minimum atomic E-state index is -0.500. The van der Waals surface area contributed by atoms with Gasteiger partial charge in [0.15, 0.2) is 11.5 Å². The lowest BCUT2D eigenvalue weighted by molar-refractivity contribution is -0.139. The first-order valence-corrected chi connectivity index (χ1v) is 12.1. The van der Waals surface area contributed by atoms with Gasteiger partial charge in [-0.05, 0) is 50.5 Å². The molecule has 8 heteroatoms. The number of aromatic nitrogens is 3. The molecule has 1 atom stereocenters. The van der Waals surface area contributed by atoms with Crippen molar-refractivity contribution >= 4 is 11.9 Å². The number of benzene rings is 2. The van der Waals surface area contributed by atoms with Gasteiger partial charge in [-0.2, -0.15) is 10.1 Å². The molecule has 1 aliphatic heterocycles. The smallest absolute Gasteiger partial charge is 0.338 e. The number of carbonyl (C=O) groups is 1. The standard InChI is InChI=1S/C27H32N4O4/c1-5-8-21-24(26(32)34-7-3)25(31-27(30-21)28-17-29-31)20-13-14-22(23(15-20)33-6-2)35-16-19-11-9-18(4)10-12-19/h9-15,17,25H,5-8,16H2,1-4H3,(H,28,29,30)/t25-/m0/s1. The van der Waals surface area contributed by atoms with Crippen LogP contribution in [0.5, 0.6) is 11.5 Å². The fourth-order valence-corrected chi connectivity index (χ4v) is 4.14. The maximum atomic E-state index is 13.1. The van der Waals surface area contributed by atoms with Gasteiger partial charge >= 0.3 is 5.97 Å². The molecule has 0 bridgehead atoms. The predicted molar refractivity (Wildman–Crippen MR) is 133 cm³/mol. The molecule has 0 saturated carbocycles. The first-order chi connectivity index (χ1) is 17.0. The number of nitrogens with one attached hydrogen (secondary N) is 1. The quantitative estimate of drug-likeness (QED) is 0.403. The second-order valence-electron chi connectivity index (χ2n) is 8.33. The molecule has 3 aromatic rings. The van der Waals surface area contributed by atoms with Crippen molar-refractivity contribution in [3.05, 3.63) is 76.8 Å². The summed E-state index contributed by atoms with van der Waals surface area (Å²) >= 11 is 0. The van der Waals surface area contributed by atoms with Crippen LogP contribution in [0, 0.1) is 6.92 Å². The third kappa shape index (κ3) is 5.31. The topological polar surface area (TPSA) is 87.5 Å². The van der Waals surface area contributed by atoms with E-state index in [1.165, 1.54) is 11.9 Å². The molecular weight excluding hydrogens is 444 g/mol. The summed E-state index contributed by atoms with van der Waals surface area (Å²) < 4.78 is 19.2. The van der Waals surface area contributed by atoms with E-state index in [1.54, 1.807) is 11.6 Å². The van der Waals surface area contributed by atoms with Gasteiger partial charge in [0.25, 0.3) is 0 Å². The average molecular weight is 477 g/mol. The van der Waals surface area contributed by atoms with Crippen molar-refractivity contribution in [2.24, 2.45) is 0 Å². The molecule has 184 valence electrons. The Balaban J connectivity index is 1.72. The SMILES string of the molecule is CCCC1=C(C(=O)OCC)[C@H](c2ccc(OCc3ccc(C)cc3)c(OCC)c2)n2ncnc2N1. The van der Waals surface area contributed by atoms with E-state index in [2.05, 4.69) is 53.5 Å². The summed E-state index contributed by atoms with van der Waals surface area (Å²) in [6, 6.07) is 13.5. The number of anilines is 1. The predicted octanol–water partition coefficient (Wildman–Crippen LogP) is 5.20. The highest BCUT2D eigenvalue weighted by Gasteiger charge is 2.35. The average Bonchev–Trinajstić information content (AvgIpc) is 3.32. The van der Waals surface area contributed by atoms with Crippen LogP contribution in [-0.4, -0.2) is 33.9 Å². The molecule has 2 heterocycles. The molecular formula is C27H32N4O4. The van der Waals surface area contributed by atoms with Crippen LogP contribution in [0.25, 0.3) is 0 Å². The molecule has 0 fully saturated rings. The van der Waals surface area contributed by atoms with E-state index in [0.717, 1.165) is 23.2 Å². The summed E-state index contributed by atoms with van der Waals surface area (Å²) in [5.41, 5.74) is 4.44. The number of hydrogen-bond acceptors (Lipinski definition) is 7. The van der Waals surface area contributed by atoms with E-state index in [0.29, 0.717) is 42.7 Å². The number of allylic oxidation sites excluding steroid dienone is 1. The van der Waals surface area contributed by atoms with Gasteiger partial charge in [0.2, 0.25) is 5.95 Å². The van der Waals surface area contributed by atoms with E-state index in [4.69, 9.17) is 14.2 Å². The van der Waals surface area contributed by atoms with Gasteiger partial charge in [-0.1, -0.05) is 49.2 Å². The summed E-state index contributed by atoms with van der Waals surface area (Å²) in [5, 5.41) is 7.68. The maximum Gasteiger partial charge on any atom is 0.338 e. The molecule has 1 aliphatic rings. The molecule has 1 aromatic heterocycles. The third-order valence-electron chi connectivity index (χ3n) is 5.77. The number of aryl methyl sites for hydroxylation is 1. The van der Waals surface area contributed by atoms with Gasteiger partial charge < -0.3 is 19.5 Å². The van der Waals surface area contributed by atoms with Gasteiger partial charge in [-0.25, -0.2) is 9.48 Å². The molecule has 0 radical (unpaired) electrons. The lowest BCUT2D eigenvalue weighted by atomic mass is 9.93. The Morgan fingerprint density at radius 3 is 2.54 bits per heavy atom. The Morgan fingerprint density at radius 1 is 1.03 bits per heavy atom. The number of ether oxygens (including phenoxy) is 3. The van der Waals surface area contributed by atoms with Crippen LogP contribution in [0.3, 0.4) is 0 Å². The largest absolute Gasteiger partial charge is 0.490 e. The Labute approximate surface area is 205 Å². The lowest BCUT2D eigenvalue weighted by Gasteiger charge is -2.29. The van der Waals surface area contributed by atoms with E-state index >= 15 is 0 Å². The molecule has 0 saturated heterocycles. The van der Waals surface area contributed by atoms with Crippen molar-refractivity contribution in [2.75, 3.05) is 18.5 Å². The van der Waals surface area contributed by atoms with Gasteiger partial charge in [-0.15, -0.1) is 0 Å². The first kappa shape index (κ1) is 24.3. The minimum absolute atomic E-state index is 0.286. The van der Waals surface area contributed by atoms with E-state index in [-0.39, 0.29) is 12.6 Å². The number of rotatable bonds is 10. The van der Waals surface area contributed by atoms with Crippen molar-refractivity contribution < 1.29 is 19.0 Å². The molecule has 0 unspecified atom stereocenters. The third-order valence-corrected chi connectivity index (χ3v) is 5.77.